The van der Waals surface area contributed by atoms with E-state index in [-0.39, 0.29) is 0 Å². The quantitative estimate of drug-likeness (QED) is 0.549. The summed E-state index contributed by atoms with van der Waals surface area (Å²) in [6.07, 6.45) is 7.33. The lowest BCUT2D eigenvalue weighted by atomic mass is 9.96. The molecule has 0 saturated carbocycles. The molecule has 0 aliphatic heterocycles. The molecule has 1 unspecified atom stereocenters. The predicted octanol–water partition coefficient (Wildman–Crippen LogP) is 1.80. The zero-order chi connectivity index (χ0) is 10.2. The molecular weight excluding hydrogens is 200 g/mol. The fourth-order valence-corrected chi connectivity index (χ4v) is 1.61. The van der Waals surface area contributed by atoms with Crippen LogP contribution in [0.3, 0.4) is 0 Å². The van der Waals surface area contributed by atoms with Crippen molar-refractivity contribution in [3.63, 3.8) is 0 Å². The third kappa shape index (κ3) is 1.69. The van der Waals surface area contributed by atoms with E-state index in [1.807, 2.05) is 12.1 Å². The van der Waals surface area contributed by atoms with Crippen LogP contribution < -0.4 is 11.5 Å². The van der Waals surface area contributed by atoms with Crippen LogP contribution in [0.25, 0.3) is 5.57 Å². The minimum Gasteiger partial charge on any atom is -0.472 e. The Kier molecular flexibility index (Phi) is 2.13. The molecule has 0 bridgehead atoms. The lowest BCUT2D eigenvalue weighted by Gasteiger charge is -2.23. The van der Waals surface area contributed by atoms with Gasteiger partial charge in [-0.1, -0.05) is 17.7 Å². The molecule has 0 aromatic carbocycles. The Balaban J connectivity index is 2.42. The van der Waals surface area contributed by atoms with Crippen molar-refractivity contribution in [3.05, 3.63) is 42.0 Å². The van der Waals surface area contributed by atoms with Gasteiger partial charge in [-0.2, -0.15) is 0 Å². The molecule has 1 atom stereocenters. The molecule has 14 heavy (non-hydrogen) atoms. The maximum absolute atomic E-state index is 6.02. The van der Waals surface area contributed by atoms with Crippen LogP contribution in [0.5, 0.6) is 0 Å². The highest BCUT2D eigenvalue weighted by molar-refractivity contribution is 6.25. The average Bonchev–Trinajstić information content (AvgIpc) is 2.62. The Hall–Kier alpha value is -1.19. The van der Waals surface area contributed by atoms with E-state index in [1.54, 1.807) is 18.6 Å². The summed E-state index contributed by atoms with van der Waals surface area (Å²) in [6.45, 7) is 0. The van der Waals surface area contributed by atoms with Gasteiger partial charge in [0.2, 0.25) is 0 Å². The number of hydrogen-bond donors (Lipinski definition) is 2. The predicted molar refractivity (Wildman–Crippen MR) is 56.3 cm³/mol. The Bertz CT molecular complexity index is 390. The van der Waals surface area contributed by atoms with Crippen molar-refractivity contribution in [3.8, 4) is 0 Å². The average molecular weight is 211 g/mol. The first-order valence-electron chi connectivity index (χ1n) is 4.28. The maximum Gasteiger partial charge on any atom is 0.114 e. The van der Waals surface area contributed by atoms with Crippen LogP contribution >= 0.6 is 11.6 Å². The van der Waals surface area contributed by atoms with Crippen molar-refractivity contribution >= 4 is 17.2 Å². The third-order valence-electron chi connectivity index (χ3n) is 2.16. The smallest absolute Gasteiger partial charge is 0.114 e. The highest BCUT2D eigenvalue weighted by Gasteiger charge is 2.24. The van der Waals surface area contributed by atoms with Crippen molar-refractivity contribution in [1.82, 2.24) is 0 Å². The van der Waals surface area contributed by atoms with Crippen molar-refractivity contribution < 1.29 is 4.42 Å². The largest absolute Gasteiger partial charge is 0.472 e. The molecule has 0 saturated heterocycles. The lowest BCUT2D eigenvalue weighted by Crippen LogP contribution is -2.32. The van der Waals surface area contributed by atoms with Gasteiger partial charge in [0.15, 0.2) is 0 Å². The fraction of sp³-hybridized carbons (Fsp3) is 0.200. The summed E-state index contributed by atoms with van der Waals surface area (Å²) in [4.78, 5) is -0.838. The molecule has 0 spiro atoms. The van der Waals surface area contributed by atoms with Crippen LogP contribution in [0.15, 0.2) is 40.9 Å². The number of nitrogens with two attached hydrogens (primary N) is 2. The molecule has 0 fully saturated rings. The van der Waals surface area contributed by atoms with Crippen LogP contribution in [-0.4, -0.2) is 5.00 Å². The zero-order valence-corrected chi connectivity index (χ0v) is 8.29. The van der Waals surface area contributed by atoms with Gasteiger partial charge in [-0.25, -0.2) is 0 Å². The van der Waals surface area contributed by atoms with E-state index in [9.17, 15) is 0 Å². The lowest BCUT2D eigenvalue weighted by molar-refractivity contribution is 0.566. The Morgan fingerprint density at radius 3 is 2.93 bits per heavy atom. The van der Waals surface area contributed by atoms with Gasteiger partial charge in [-0.3, -0.25) is 0 Å². The molecule has 1 heterocycles. The summed E-state index contributed by atoms with van der Waals surface area (Å²) < 4.78 is 4.98. The summed E-state index contributed by atoms with van der Waals surface area (Å²) in [5.74, 6) is 0. The summed E-state index contributed by atoms with van der Waals surface area (Å²) in [6, 6.07) is 1.82. The standard InChI is InChI=1S/C10H11ClN2O/c11-10(13)3-1-9(12)8(5-10)7-2-4-14-6-7/h1-2,4-6H,3,12-13H2. The van der Waals surface area contributed by atoms with Gasteiger partial charge in [0, 0.05) is 23.3 Å². The minimum atomic E-state index is -0.838. The van der Waals surface area contributed by atoms with Crippen LogP contribution in [-0.2, 0) is 0 Å². The Morgan fingerprint density at radius 2 is 2.29 bits per heavy atom. The van der Waals surface area contributed by atoms with E-state index in [1.165, 1.54) is 0 Å². The second-order valence-electron chi connectivity index (χ2n) is 3.36. The monoisotopic (exact) mass is 210 g/mol. The zero-order valence-electron chi connectivity index (χ0n) is 7.53. The molecule has 4 N–H and O–H groups in total. The number of allylic oxidation sites excluding steroid dienone is 1. The van der Waals surface area contributed by atoms with Gasteiger partial charge in [0.25, 0.3) is 0 Å². The van der Waals surface area contributed by atoms with E-state index in [0.29, 0.717) is 12.1 Å². The molecule has 4 heteroatoms. The first-order valence-corrected chi connectivity index (χ1v) is 4.65. The van der Waals surface area contributed by atoms with Crippen LogP contribution in [0.2, 0.25) is 0 Å². The summed E-state index contributed by atoms with van der Waals surface area (Å²) in [5.41, 5.74) is 14.0. The number of furan rings is 1. The van der Waals surface area contributed by atoms with Crippen molar-refractivity contribution in [2.45, 2.75) is 11.4 Å². The topological polar surface area (TPSA) is 65.2 Å². The molecule has 1 aromatic heterocycles. The second-order valence-corrected chi connectivity index (χ2v) is 4.06. The molecule has 1 aliphatic rings. The van der Waals surface area contributed by atoms with Crippen LogP contribution in [0.4, 0.5) is 0 Å². The third-order valence-corrected chi connectivity index (χ3v) is 2.43. The minimum absolute atomic E-state index is 0.543. The number of hydrogen-bond acceptors (Lipinski definition) is 3. The van der Waals surface area contributed by atoms with Crippen molar-refractivity contribution in [2.75, 3.05) is 0 Å². The number of rotatable bonds is 1. The van der Waals surface area contributed by atoms with Gasteiger partial charge >= 0.3 is 0 Å². The summed E-state index contributed by atoms with van der Waals surface area (Å²) in [5, 5.41) is 0. The first kappa shape index (κ1) is 9.37. The van der Waals surface area contributed by atoms with Gasteiger partial charge in [-0.15, -0.1) is 0 Å². The molecule has 74 valence electrons. The molecule has 1 aliphatic carbocycles. The molecule has 2 rings (SSSR count). The number of alkyl halides is 1. The first-order chi connectivity index (χ1) is 6.58. The van der Waals surface area contributed by atoms with E-state index in [0.717, 1.165) is 11.1 Å². The Labute approximate surface area is 87.0 Å². The molecule has 0 amide bonds. The molecular formula is C10H11ClN2O. The van der Waals surface area contributed by atoms with Gasteiger partial charge < -0.3 is 15.9 Å². The van der Waals surface area contributed by atoms with Gasteiger partial charge in [0.1, 0.15) is 5.00 Å². The van der Waals surface area contributed by atoms with Crippen molar-refractivity contribution in [2.24, 2.45) is 11.5 Å². The normalized spacial score (nSPS) is 27.0. The van der Waals surface area contributed by atoms with Crippen LogP contribution in [0.1, 0.15) is 12.0 Å². The maximum atomic E-state index is 6.02. The molecule has 3 nitrogen and oxygen atoms in total. The van der Waals surface area contributed by atoms with E-state index in [4.69, 9.17) is 27.5 Å². The van der Waals surface area contributed by atoms with Crippen LogP contribution in [0, 0.1) is 0 Å². The summed E-state index contributed by atoms with van der Waals surface area (Å²) in [7, 11) is 0. The van der Waals surface area contributed by atoms with Gasteiger partial charge in [-0.05, 0) is 12.1 Å². The second kappa shape index (κ2) is 3.19. The summed E-state index contributed by atoms with van der Waals surface area (Å²) >= 11 is 6.02. The molecule has 0 radical (unpaired) electrons. The highest BCUT2D eigenvalue weighted by Crippen LogP contribution is 2.31. The van der Waals surface area contributed by atoms with Crippen molar-refractivity contribution in [1.29, 1.82) is 0 Å². The number of halogens is 1. The molecule has 1 aromatic rings. The fourth-order valence-electron chi connectivity index (χ4n) is 1.43. The van der Waals surface area contributed by atoms with Gasteiger partial charge in [0.05, 0.1) is 12.5 Å². The van der Waals surface area contributed by atoms with E-state index < -0.39 is 5.00 Å². The van der Waals surface area contributed by atoms with E-state index in [2.05, 4.69) is 0 Å². The van der Waals surface area contributed by atoms with E-state index >= 15 is 0 Å². The highest BCUT2D eigenvalue weighted by atomic mass is 35.5. The SMILES string of the molecule is NC1=CCC(N)(Cl)C=C1c1ccoc1. The Morgan fingerprint density at radius 1 is 1.50 bits per heavy atom.